The Hall–Kier alpha value is -3.29. The lowest BCUT2D eigenvalue weighted by Gasteiger charge is -2.40. The van der Waals surface area contributed by atoms with Gasteiger partial charge in [0.05, 0.1) is 5.56 Å². The Labute approximate surface area is 187 Å². The maximum Gasteiger partial charge on any atom is 0.338 e. The summed E-state index contributed by atoms with van der Waals surface area (Å²) in [5.41, 5.74) is 0.300. The molecule has 2 aromatic rings. The summed E-state index contributed by atoms with van der Waals surface area (Å²) in [6.07, 6.45) is -7.81. The highest BCUT2D eigenvalue weighted by atomic mass is 16.7. The smallest absolute Gasteiger partial charge is 0.338 e. The maximum atomic E-state index is 12.2. The van der Waals surface area contributed by atoms with Gasteiger partial charge in [0.15, 0.2) is 28.7 Å². The Kier molecular flexibility index (Phi) is 7.46. The van der Waals surface area contributed by atoms with Gasteiger partial charge in [0, 0.05) is 6.61 Å². The molecule has 0 aromatic heterocycles. The summed E-state index contributed by atoms with van der Waals surface area (Å²) in [6, 6.07) is 5.96. The van der Waals surface area contributed by atoms with Crippen LogP contribution in [0.15, 0.2) is 30.3 Å². The standard InChI is InChI=1S/C21H24O12/c22-4-3-9-1-2-11(23)14(5-9)32-21-19(29)18(28)17(27)15(33-21)8-31-20(30)10-6-12(24)16(26)13(25)7-10/h1-2,5-7,15,17-19,21-29H,3-4,8H2. The number of carbonyl (C=O) groups excluding carboxylic acids is 1. The van der Waals surface area contributed by atoms with E-state index in [0.717, 1.165) is 12.1 Å². The van der Waals surface area contributed by atoms with Gasteiger partial charge in [0.1, 0.15) is 31.0 Å². The third kappa shape index (κ3) is 5.38. The predicted molar refractivity (Wildman–Crippen MR) is 108 cm³/mol. The van der Waals surface area contributed by atoms with Crippen molar-refractivity contribution in [2.45, 2.75) is 37.1 Å². The minimum absolute atomic E-state index is 0.112. The number of aromatic hydroxyl groups is 4. The van der Waals surface area contributed by atoms with E-state index in [9.17, 15) is 40.5 Å². The molecule has 0 saturated carbocycles. The third-order valence-electron chi connectivity index (χ3n) is 5.02. The molecule has 8 N–H and O–H groups in total. The number of carbonyl (C=O) groups is 1. The number of hydrogen-bond donors (Lipinski definition) is 8. The van der Waals surface area contributed by atoms with E-state index in [4.69, 9.17) is 19.3 Å². The Morgan fingerprint density at radius 2 is 1.58 bits per heavy atom. The zero-order valence-corrected chi connectivity index (χ0v) is 17.1. The molecule has 1 fully saturated rings. The molecule has 1 aliphatic rings. The molecule has 180 valence electrons. The van der Waals surface area contributed by atoms with Gasteiger partial charge in [-0.05, 0) is 36.2 Å². The van der Waals surface area contributed by atoms with E-state index >= 15 is 0 Å². The largest absolute Gasteiger partial charge is 0.504 e. The van der Waals surface area contributed by atoms with Crippen molar-refractivity contribution in [2.24, 2.45) is 0 Å². The first-order valence-electron chi connectivity index (χ1n) is 9.83. The average Bonchev–Trinajstić information content (AvgIpc) is 2.78. The second-order valence-electron chi connectivity index (χ2n) is 7.37. The van der Waals surface area contributed by atoms with Gasteiger partial charge in [-0.1, -0.05) is 6.07 Å². The number of phenolic OH excluding ortho intramolecular Hbond substituents is 4. The highest BCUT2D eigenvalue weighted by Crippen LogP contribution is 2.36. The van der Waals surface area contributed by atoms with Crippen LogP contribution >= 0.6 is 0 Å². The fourth-order valence-electron chi connectivity index (χ4n) is 3.18. The Morgan fingerprint density at radius 1 is 0.909 bits per heavy atom. The SMILES string of the molecule is O=C(OCC1OC(Oc2cc(CCO)ccc2O)C(O)C(O)C1O)c1cc(O)c(O)c(O)c1. The topological polar surface area (TPSA) is 207 Å². The van der Waals surface area contributed by atoms with E-state index in [1.165, 1.54) is 12.1 Å². The van der Waals surface area contributed by atoms with Crippen molar-refractivity contribution in [3.63, 3.8) is 0 Å². The highest BCUT2D eigenvalue weighted by Gasteiger charge is 2.45. The molecule has 1 heterocycles. The number of benzene rings is 2. The van der Waals surface area contributed by atoms with Crippen molar-refractivity contribution < 1.29 is 59.9 Å². The van der Waals surface area contributed by atoms with E-state index in [-0.39, 0.29) is 30.1 Å². The molecule has 3 rings (SSSR count). The fourth-order valence-corrected chi connectivity index (χ4v) is 3.18. The zero-order chi connectivity index (χ0) is 24.3. The monoisotopic (exact) mass is 468 g/mol. The highest BCUT2D eigenvalue weighted by molar-refractivity contribution is 5.91. The lowest BCUT2D eigenvalue weighted by atomic mass is 9.99. The number of esters is 1. The number of rotatable bonds is 7. The average molecular weight is 468 g/mol. The number of ether oxygens (including phenoxy) is 3. The molecule has 0 radical (unpaired) electrons. The summed E-state index contributed by atoms with van der Waals surface area (Å²) in [4.78, 5) is 12.2. The maximum absolute atomic E-state index is 12.2. The Morgan fingerprint density at radius 3 is 2.21 bits per heavy atom. The van der Waals surface area contributed by atoms with E-state index < -0.39 is 60.5 Å². The van der Waals surface area contributed by atoms with Crippen LogP contribution in [0, 0.1) is 0 Å². The minimum Gasteiger partial charge on any atom is -0.504 e. The van der Waals surface area contributed by atoms with E-state index in [2.05, 4.69) is 0 Å². The van der Waals surface area contributed by atoms with Crippen LogP contribution < -0.4 is 4.74 Å². The van der Waals surface area contributed by atoms with Gasteiger partial charge in [-0.25, -0.2) is 4.79 Å². The van der Waals surface area contributed by atoms with Crippen LogP contribution in [-0.4, -0.2) is 90.7 Å². The van der Waals surface area contributed by atoms with Gasteiger partial charge in [0.2, 0.25) is 6.29 Å². The molecule has 5 atom stereocenters. The van der Waals surface area contributed by atoms with Gasteiger partial charge in [-0.15, -0.1) is 0 Å². The quantitative estimate of drug-likeness (QED) is 0.184. The van der Waals surface area contributed by atoms with E-state index in [1.54, 1.807) is 6.07 Å². The first kappa shape index (κ1) is 24.4. The summed E-state index contributed by atoms with van der Waals surface area (Å²) in [6.45, 7) is -0.774. The van der Waals surface area contributed by atoms with E-state index in [1.807, 2.05) is 0 Å². The van der Waals surface area contributed by atoms with Crippen molar-refractivity contribution in [1.82, 2.24) is 0 Å². The summed E-state index contributed by atoms with van der Waals surface area (Å²) in [5.74, 6) is -3.80. The third-order valence-corrected chi connectivity index (χ3v) is 5.02. The molecule has 5 unspecified atom stereocenters. The molecule has 0 spiro atoms. The molecular formula is C21H24O12. The zero-order valence-electron chi connectivity index (χ0n) is 17.1. The molecule has 0 bridgehead atoms. The summed E-state index contributed by atoms with van der Waals surface area (Å²) < 4.78 is 15.9. The van der Waals surface area contributed by atoms with Crippen LogP contribution in [0.1, 0.15) is 15.9 Å². The predicted octanol–water partition coefficient (Wildman–Crippen LogP) is -0.913. The van der Waals surface area contributed by atoms with Crippen LogP contribution in [0.3, 0.4) is 0 Å². The number of aliphatic hydroxyl groups is 4. The van der Waals surface area contributed by atoms with Crippen molar-refractivity contribution in [3.05, 3.63) is 41.5 Å². The summed E-state index contributed by atoms with van der Waals surface area (Å²) in [7, 11) is 0. The van der Waals surface area contributed by atoms with Crippen molar-refractivity contribution in [3.8, 4) is 28.7 Å². The first-order chi connectivity index (χ1) is 15.6. The normalized spacial score (nSPS) is 24.9. The first-order valence-corrected chi connectivity index (χ1v) is 9.83. The second-order valence-corrected chi connectivity index (χ2v) is 7.37. The lowest BCUT2D eigenvalue weighted by Crippen LogP contribution is -2.60. The molecule has 2 aromatic carbocycles. The number of phenols is 4. The van der Waals surface area contributed by atoms with Gasteiger partial charge >= 0.3 is 5.97 Å². The Balaban J connectivity index is 1.70. The molecule has 12 heteroatoms. The molecule has 12 nitrogen and oxygen atoms in total. The van der Waals surface area contributed by atoms with Gasteiger partial charge in [-0.2, -0.15) is 0 Å². The van der Waals surface area contributed by atoms with Crippen molar-refractivity contribution >= 4 is 5.97 Å². The van der Waals surface area contributed by atoms with Crippen molar-refractivity contribution in [2.75, 3.05) is 13.2 Å². The van der Waals surface area contributed by atoms with Crippen LogP contribution in [0.5, 0.6) is 28.7 Å². The summed E-state index contributed by atoms with van der Waals surface area (Å²) >= 11 is 0. The molecule has 1 aliphatic heterocycles. The fraction of sp³-hybridized carbons (Fsp3) is 0.381. The van der Waals surface area contributed by atoms with Gasteiger partial charge < -0.3 is 55.1 Å². The Bertz CT molecular complexity index is 970. The van der Waals surface area contributed by atoms with Crippen LogP contribution in [0.4, 0.5) is 0 Å². The molecule has 33 heavy (non-hydrogen) atoms. The van der Waals surface area contributed by atoms with Crippen LogP contribution in [0.2, 0.25) is 0 Å². The van der Waals surface area contributed by atoms with E-state index in [0.29, 0.717) is 5.56 Å². The molecule has 0 amide bonds. The molecule has 0 aliphatic carbocycles. The van der Waals surface area contributed by atoms with Crippen LogP contribution in [0.25, 0.3) is 0 Å². The second kappa shape index (κ2) is 10.1. The molecule has 1 saturated heterocycles. The minimum atomic E-state index is -1.75. The molecular weight excluding hydrogens is 444 g/mol. The van der Waals surface area contributed by atoms with Gasteiger partial charge in [0.25, 0.3) is 0 Å². The van der Waals surface area contributed by atoms with Crippen molar-refractivity contribution in [1.29, 1.82) is 0 Å². The van der Waals surface area contributed by atoms with Gasteiger partial charge in [-0.3, -0.25) is 0 Å². The lowest BCUT2D eigenvalue weighted by molar-refractivity contribution is -0.277. The number of hydrogen-bond acceptors (Lipinski definition) is 12. The van der Waals surface area contributed by atoms with Crippen LogP contribution in [-0.2, 0) is 15.9 Å². The number of aliphatic hydroxyl groups excluding tert-OH is 4. The summed E-state index contributed by atoms with van der Waals surface area (Å²) in [5, 5.41) is 78.0.